The lowest BCUT2D eigenvalue weighted by atomic mass is 10.2. The van der Waals surface area contributed by atoms with Crippen LogP contribution in [0.15, 0.2) is 29.2 Å². The fourth-order valence-corrected chi connectivity index (χ4v) is 1.57. The fraction of sp³-hybridized carbons (Fsp3) is 0.333. The number of fused-ring (bicyclic) bond motifs is 1. The molecule has 0 aliphatic carbocycles. The molecule has 5 nitrogen and oxygen atoms in total. The molecular weight excluding hydrogens is 218 g/mol. The van der Waals surface area contributed by atoms with Crippen molar-refractivity contribution in [2.75, 3.05) is 0 Å². The van der Waals surface area contributed by atoms with Gasteiger partial charge < -0.3 is 5.32 Å². The minimum atomic E-state index is -0.128. The number of aromatic nitrogens is 2. The molecule has 0 aromatic carbocycles. The summed E-state index contributed by atoms with van der Waals surface area (Å²) >= 11 is 0. The van der Waals surface area contributed by atoms with E-state index in [9.17, 15) is 9.59 Å². The maximum atomic E-state index is 12.0. The van der Waals surface area contributed by atoms with Gasteiger partial charge in [-0.25, -0.2) is 4.52 Å². The lowest BCUT2D eigenvalue weighted by molar-refractivity contribution is -0.124. The number of nitrogens with one attached hydrogen (secondary N) is 2. The summed E-state index contributed by atoms with van der Waals surface area (Å²) < 4.78 is 1.46. The van der Waals surface area contributed by atoms with E-state index in [0.717, 1.165) is 5.52 Å². The highest BCUT2D eigenvalue weighted by Crippen LogP contribution is 2.00. The average Bonchev–Trinajstić information content (AvgIpc) is 2.76. The van der Waals surface area contributed by atoms with E-state index in [1.807, 2.05) is 26.0 Å². The van der Waals surface area contributed by atoms with Crippen molar-refractivity contribution in [2.45, 2.75) is 20.4 Å². The number of hydrogen-bond acceptors (Lipinski definition) is 2. The molecule has 2 aromatic rings. The summed E-state index contributed by atoms with van der Waals surface area (Å²) in [6.45, 7) is 3.89. The maximum absolute atomic E-state index is 12.0. The number of H-pyrrole nitrogens is 1. The van der Waals surface area contributed by atoms with Gasteiger partial charge in [-0.3, -0.25) is 14.7 Å². The van der Waals surface area contributed by atoms with Crippen molar-refractivity contribution in [3.8, 4) is 0 Å². The van der Waals surface area contributed by atoms with Crippen LogP contribution in [0.1, 0.15) is 19.4 Å². The third-order valence-corrected chi connectivity index (χ3v) is 2.63. The highest BCUT2D eigenvalue weighted by Gasteiger charge is 2.08. The van der Waals surface area contributed by atoms with E-state index in [1.165, 1.54) is 4.52 Å². The zero-order valence-electron chi connectivity index (χ0n) is 9.86. The van der Waals surface area contributed by atoms with Crippen LogP contribution in [0.5, 0.6) is 0 Å². The molecule has 0 atom stereocenters. The van der Waals surface area contributed by atoms with Gasteiger partial charge in [0.15, 0.2) is 0 Å². The van der Waals surface area contributed by atoms with Gasteiger partial charge in [-0.15, -0.1) is 0 Å². The monoisotopic (exact) mass is 233 g/mol. The van der Waals surface area contributed by atoms with Gasteiger partial charge in [0.2, 0.25) is 5.91 Å². The lowest BCUT2D eigenvalue weighted by Gasteiger charge is -2.07. The summed E-state index contributed by atoms with van der Waals surface area (Å²) in [5.74, 6) is -0.132. The Morgan fingerprint density at radius 1 is 1.41 bits per heavy atom. The third-order valence-electron chi connectivity index (χ3n) is 2.63. The molecule has 17 heavy (non-hydrogen) atoms. The Bertz CT molecular complexity index is 595. The molecule has 0 saturated carbocycles. The summed E-state index contributed by atoms with van der Waals surface area (Å²) in [7, 11) is 0. The largest absolute Gasteiger partial charge is 0.352 e. The molecule has 0 aliphatic rings. The molecule has 2 aromatic heterocycles. The van der Waals surface area contributed by atoms with Gasteiger partial charge in [-0.1, -0.05) is 13.8 Å². The van der Waals surface area contributed by atoms with Crippen LogP contribution in [-0.4, -0.2) is 15.5 Å². The van der Waals surface area contributed by atoms with Gasteiger partial charge >= 0.3 is 0 Å². The van der Waals surface area contributed by atoms with Crippen LogP contribution >= 0.6 is 0 Å². The molecule has 1 amide bonds. The molecule has 0 radical (unpaired) electrons. The predicted molar refractivity (Wildman–Crippen MR) is 64.7 cm³/mol. The number of nitrogens with zero attached hydrogens (tertiary/aromatic N) is 1. The van der Waals surface area contributed by atoms with Crippen LogP contribution in [0.25, 0.3) is 5.52 Å². The van der Waals surface area contributed by atoms with Crippen LogP contribution in [0.4, 0.5) is 0 Å². The lowest BCUT2D eigenvalue weighted by Crippen LogP contribution is -2.30. The number of rotatable bonds is 3. The number of aromatic amines is 1. The molecule has 0 fully saturated rings. The molecule has 2 rings (SSSR count). The van der Waals surface area contributed by atoms with Crippen molar-refractivity contribution in [2.24, 2.45) is 5.92 Å². The van der Waals surface area contributed by atoms with E-state index >= 15 is 0 Å². The Hall–Kier alpha value is -2.04. The maximum Gasteiger partial charge on any atom is 0.274 e. The van der Waals surface area contributed by atoms with E-state index < -0.39 is 0 Å². The first-order chi connectivity index (χ1) is 8.09. The Morgan fingerprint density at radius 3 is 2.88 bits per heavy atom. The number of hydrogen-bond donors (Lipinski definition) is 2. The number of carbonyl (C=O) groups excluding carboxylic acids is 1. The highest BCUT2D eigenvalue weighted by atomic mass is 16.2. The van der Waals surface area contributed by atoms with Crippen molar-refractivity contribution < 1.29 is 4.79 Å². The topological polar surface area (TPSA) is 66.4 Å². The third kappa shape index (κ3) is 2.22. The Morgan fingerprint density at radius 2 is 2.18 bits per heavy atom. The first kappa shape index (κ1) is 11.4. The van der Waals surface area contributed by atoms with Crippen molar-refractivity contribution in [1.29, 1.82) is 0 Å². The van der Waals surface area contributed by atoms with Crippen LogP contribution < -0.4 is 10.9 Å². The van der Waals surface area contributed by atoms with Gasteiger partial charge in [0.1, 0.15) is 0 Å². The summed E-state index contributed by atoms with van der Waals surface area (Å²) in [6.07, 6.45) is 1.70. The molecule has 0 aliphatic heterocycles. The number of pyridine rings is 1. The Balaban J connectivity index is 2.22. The molecule has 0 bridgehead atoms. The van der Waals surface area contributed by atoms with E-state index in [4.69, 9.17) is 0 Å². The average molecular weight is 233 g/mol. The van der Waals surface area contributed by atoms with Gasteiger partial charge in [0.05, 0.1) is 5.52 Å². The Labute approximate surface area is 98.4 Å². The van der Waals surface area contributed by atoms with Crippen molar-refractivity contribution in [3.63, 3.8) is 0 Å². The van der Waals surface area contributed by atoms with Crippen molar-refractivity contribution >= 4 is 11.4 Å². The van der Waals surface area contributed by atoms with Crippen LogP contribution in [-0.2, 0) is 11.3 Å². The normalized spacial score (nSPS) is 11.0. The zero-order chi connectivity index (χ0) is 12.4. The fourth-order valence-electron chi connectivity index (χ4n) is 1.57. The molecule has 0 saturated heterocycles. The molecule has 0 spiro atoms. The molecule has 5 heteroatoms. The Kier molecular flexibility index (Phi) is 2.99. The summed E-state index contributed by atoms with van der Waals surface area (Å²) in [4.78, 5) is 23.4. The standard InChI is InChI=1S/C12H15N3O2/c1-8(2)11(16)13-7-9-3-4-10-5-6-14-15(10)12(9)17/h3-6,8,14H,7H2,1-2H3,(H,13,16). The zero-order valence-corrected chi connectivity index (χ0v) is 9.86. The van der Waals surface area contributed by atoms with Gasteiger partial charge in [0.25, 0.3) is 5.56 Å². The molecular formula is C12H15N3O2. The molecule has 90 valence electrons. The highest BCUT2D eigenvalue weighted by molar-refractivity contribution is 5.77. The van der Waals surface area contributed by atoms with Crippen LogP contribution in [0.3, 0.4) is 0 Å². The number of carbonyl (C=O) groups is 1. The second kappa shape index (κ2) is 4.45. The first-order valence-electron chi connectivity index (χ1n) is 5.55. The van der Waals surface area contributed by atoms with E-state index in [-0.39, 0.29) is 23.9 Å². The quantitative estimate of drug-likeness (QED) is 0.827. The summed E-state index contributed by atoms with van der Waals surface area (Å²) in [5, 5.41) is 5.56. The summed E-state index contributed by atoms with van der Waals surface area (Å²) in [6, 6.07) is 5.40. The first-order valence-corrected chi connectivity index (χ1v) is 5.55. The SMILES string of the molecule is CC(C)C(=O)NCc1ccc2cc[nH]n2c1=O. The van der Waals surface area contributed by atoms with Crippen LogP contribution in [0, 0.1) is 5.92 Å². The van der Waals surface area contributed by atoms with Gasteiger partial charge in [-0.05, 0) is 18.2 Å². The van der Waals surface area contributed by atoms with E-state index in [1.54, 1.807) is 12.3 Å². The van der Waals surface area contributed by atoms with E-state index in [0.29, 0.717) is 5.56 Å². The smallest absolute Gasteiger partial charge is 0.274 e. The minimum Gasteiger partial charge on any atom is -0.352 e. The van der Waals surface area contributed by atoms with E-state index in [2.05, 4.69) is 10.4 Å². The molecule has 2 heterocycles. The number of amides is 1. The molecule has 0 unspecified atom stereocenters. The second-order valence-corrected chi connectivity index (χ2v) is 4.26. The van der Waals surface area contributed by atoms with Gasteiger partial charge in [0, 0.05) is 24.2 Å². The van der Waals surface area contributed by atoms with Crippen LogP contribution in [0.2, 0.25) is 0 Å². The van der Waals surface area contributed by atoms with Gasteiger partial charge in [-0.2, -0.15) is 0 Å². The molecule has 2 N–H and O–H groups in total. The second-order valence-electron chi connectivity index (χ2n) is 4.26. The van der Waals surface area contributed by atoms with Crippen molar-refractivity contribution in [1.82, 2.24) is 14.9 Å². The minimum absolute atomic E-state index is 0.0546. The summed E-state index contributed by atoms with van der Waals surface area (Å²) in [5.41, 5.74) is 1.25. The van der Waals surface area contributed by atoms with Crippen molar-refractivity contribution in [3.05, 3.63) is 40.3 Å². The predicted octanol–water partition coefficient (Wildman–Crippen LogP) is 0.900.